The number of hydrogen-bond acceptors (Lipinski definition) is 6. The van der Waals surface area contributed by atoms with Crippen LogP contribution in [0.3, 0.4) is 0 Å². The number of nitrogens with zero attached hydrogens (tertiary/aromatic N) is 4. The fourth-order valence-corrected chi connectivity index (χ4v) is 3.85. The molecule has 0 aliphatic rings. The van der Waals surface area contributed by atoms with Gasteiger partial charge in [-0.05, 0) is 30.2 Å². The SMILES string of the molecule is CC(C)[C@@H](C(=O)Nc1nc2ccccc2s1)n1nnc2ccccc2c1=O. The molecule has 4 rings (SSSR count). The predicted molar refractivity (Wildman–Crippen MR) is 106 cm³/mol. The minimum Gasteiger partial charge on any atom is -0.300 e. The van der Waals surface area contributed by atoms with E-state index in [9.17, 15) is 9.59 Å². The summed E-state index contributed by atoms with van der Waals surface area (Å²) in [5.41, 5.74) is 0.994. The van der Waals surface area contributed by atoms with Crippen molar-refractivity contribution in [2.75, 3.05) is 5.32 Å². The van der Waals surface area contributed by atoms with E-state index >= 15 is 0 Å². The first-order valence-corrected chi connectivity index (χ1v) is 9.37. The van der Waals surface area contributed by atoms with Crippen molar-refractivity contribution < 1.29 is 4.79 Å². The maximum atomic E-state index is 12.9. The lowest BCUT2D eigenvalue weighted by molar-refractivity contribution is -0.120. The molecule has 0 aliphatic heterocycles. The third-order valence-corrected chi connectivity index (χ3v) is 5.23. The number of aromatic nitrogens is 4. The number of hydrogen-bond donors (Lipinski definition) is 1. The van der Waals surface area contributed by atoms with Crippen LogP contribution in [-0.4, -0.2) is 25.9 Å². The van der Waals surface area contributed by atoms with Gasteiger partial charge in [0.15, 0.2) is 5.13 Å². The Bertz CT molecular complexity index is 1160. The van der Waals surface area contributed by atoms with Crippen LogP contribution >= 0.6 is 11.3 Å². The van der Waals surface area contributed by atoms with Crippen LogP contribution < -0.4 is 10.9 Å². The van der Waals surface area contributed by atoms with Gasteiger partial charge < -0.3 is 5.32 Å². The summed E-state index contributed by atoms with van der Waals surface area (Å²) in [7, 11) is 0. The first-order valence-electron chi connectivity index (χ1n) is 8.55. The van der Waals surface area contributed by atoms with Gasteiger partial charge in [-0.25, -0.2) is 4.98 Å². The molecular formula is C19H17N5O2S. The number of nitrogens with one attached hydrogen (secondary N) is 1. The summed E-state index contributed by atoms with van der Waals surface area (Å²) in [6, 6.07) is 13.8. The van der Waals surface area contributed by atoms with Crippen LogP contribution in [0, 0.1) is 5.92 Å². The Labute approximate surface area is 158 Å². The fourth-order valence-electron chi connectivity index (χ4n) is 2.99. The normalized spacial score (nSPS) is 12.6. The minimum absolute atomic E-state index is 0.160. The van der Waals surface area contributed by atoms with Gasteiger partial charge in [-0.2, -0.15) is 4.68 Å². The highest BCUT2D eigenvalue weighted by Crippen LogP contribution is 2.27. The van der Waals surface area contributed by atoms with Crippen molar-refractivity contribution in [3.63, 3.8) is 0 Å². The highest BCUT2D eigenvalue weighted by atomic mass is 32.1. The molecule has 1 N–H and O–H groups in total. The number of fused-ring (bicyclic) bond motifs is 2. The standard InChI is InChI=1S/C19H17N5O2S/c1-11(2)16(24-18(26)12-7-3-4-8-13(12)22-23-24)17(25)21-19-20-14-9-5-6-10-15(14)27-19/h3-11,16H,1-2H3,(H,20,21,25)/t16-/m0/s1. The molecule has 0 spiro atoms. The molecule has 2 aromatic heterocycles. The molecule has 0 saturated carbocycles. The minimum atomic E-state index is -0.790. The van der Waals surface area contributed by atoms with Gasteiger partial charge in [-0.3, -0.25) is 9.59 Å². The Balaban J connectivity index is 1.71. The lowest BCUT2D eigenvalue weighted by Crippen LogP contribution is -2.38. The average molecular weight is 379 g/mol. The van der Waals surface area contributed by atoms with E-state index in [4.69, 9.17) is 0 Å². The molecule has 2 heterocycles. The molecule has 0 unspecified atom stereocenters. The average Bonchev–Trinajstić information content (AvgIpc) is 3.06. The Hall–Kier alpha value is -3.13. The van der Waals surface area contributed by atoms with Gasteiger partial charge in [0.05, 0.1) is 15.6 Å². The van der Waals surface area contributed by atoms with Gasteiger partial charge in [0, 0.05) is 0 Å². The quantitative estimate of drug-likeness (QED) is 0.588. The number of carbonyl (C=O) groups is 1. The summed E-state index contributed by atoms with van der Waals surface area (Å²) >= 11 is 1.39. The number of anilines is 1. The number of para-hydroxylation sites is 1. The summed E-state index contributed by atoms with van der Waals surface area (Å²) in [6.45, 7) is 3.73. The molecule has 7 nitrogen and oxygen atoms in total. The second-order valence-corrected chi connectivity index (χ2v) is 7.55. The van der Waals surface area contributed by atoms with E-state index in [-0.39, 0.29) is 17.4 Å². The van der Waals surface area contributed by atoms with Crippen LogP contribution in [0.2, 0.25) is 0 Å². The van der Waals surface area contributed by atoms with Crippen molar-refractivity contribution in [3.05, 3.63) is 58.9 Å². The number of carbonyl (C=O) groups excluding carboxylic acids is 1. The van der Waals surface area contributed by atoms with E-state index in [1.54, 1.807) is 24.3 Å². The molecule has 27 heavy (non-hydrogen) atoms. The molecule has 8 heteroatoms. The van der Waals surface area contributed by atoms with Gasteiger partial charge in [-0.15, -0.1) is 5.10 Å². The number of rotatable bonds is 4. The van der Waals surface area contributed by atoms with Gasteiger partial charge in [-0.1, -0.05) is 54.7 Å². The maximum Gasteiger partial charge on any atom is 0.278 e. The van der Waals surface area contributed by atoms with Crippen molar-refractivity contribution in [2.24, 2.45) is 5.92 Å². The van der Waals surface area contributed by atoms with Crippen molar-refractivity contribution in [1.82, 2.24) is 20.0 Å². The highest BCUT2D eigenvalue weighted by Gasteiger charge is 2.28. The first-order chi connectivity index (χ1) is 13.0. The van der Waals surface area contributed by atoms with E-state index in [2.05, 4.69) is 20.6 Å². The summed E-state index contributed by atoms with van der Waals surface area (Å²) in [5.74, 6) is -0.497. The smallest absolute Gasteiger partial charge is 0.278 e. The summed E-state index contributed by atoms with van der Waals surface area (Å²) < 4.78 is 2.15. The Kier molecular flexibility index (Phi) is 4.41. The van der Waals surface area contributed by atoms with Crippen LogP contribution in [-0.2, 0) is 4.79 Å². The van der Waals surface area contributed by atoms with E-state index < -0.39 is 6.04 Å². The third-order valence-electron chi connectivity index (χ3n) is 4.28. The van der Waals surface area contributed by atoms with E-state index in [1.807, 2.05) is 38.1 Å². The lowest BCUT2D eigenvalue weighted by Gasteiger charge is -2.20. The molecule has 0 bridgehead atoms. The van der Waals surface area contributed by atoms with Crippen LogP contribution in [0.25, 0.3) is 21.1 Å². The summed E-state index contributed by atoms with van der Waals surface area (Å²) in [6.07, 6.45) is 0. The monoisotopic (exact) mass is 379 g/mol. The molecule has 2 aromatic carbocycles. The topological polar surface area (TPSA) is 89.8 Å². The van der Waals surface area contributed by atoms with Gasteiger partial charge in [0.2, 0.25) is 0 Å². The molecule has 1 amide bonds. The van der Waals surface area contributed by atoms with Crippen LogP contribution in [0.15, 0.2) is 53.3 Å². The number of thiazole rings is 1. The van der Waals surface area contributed by atoms with Crippen LogP contribution in [0.4, 0.5) is 5.13 Å². The predicted octanol–water partition coefficient (Wildman–Crippen LogP) is 3.24. The van der Waals surface area contributed by atoms with Crippen LogP contribution in [0.5, 0.6) is 0 Å². The van der Waals surface area contributed by atoms with Gasteiger partial charge in [0.1, 0.15) is 11.6 Å². The molecular weight excluding hydrogens is 362 g/mol. The maximum absolute atomic E-state index is 12.9. The number of benzene rings is 2. The Morgan fingerprint density at radius 3 is 2.52 bits per heavy atom. The van der Waals surface area contributed by atoms with Crippen molar-refractivity contribution in [1.29, 1.82) is 0 Å². The Morgan fingerprint density at radius 2 is 1.78 bits per heavy atom. The molecule has 136 valence electrons. The second kappa shape index (κ2) is 6.88. The molecule has 0 saturated heterocycles. The zero-order valence-electron chi connectivity index (χ0n) is 14.8. The summed E-state index contributed by atoms with van der Waals surface area (Å²) in [4.78, 5) is 30.2. The molecule has 1 atom stereocenters. The molecule has 0 fully saturated rings. The fraction of sp³-hybridized carbons (Fsp3) is 0.211. The first kappa shape index (κ1) is 17.3. The zero-order chi connectivity index (χ0) is 19.0. The molecule has 4 aromatic rings. The van der Waals surface area contributed by atoms with E-state index in [0.717, 1.165) is 14.9 Å². The lowest BCUT2D eigenvalue weighted by atomic mass is 10.0. The van der Waals surface area contributed by atoms with E-state index in [1.165, 1.54) is 11.3 Å². The third kappa shape index (κ3) is 3.19. The van der Waals surface area contributed by atoms with Crippen molar-refractivity contribution >= 4 is 43.5 Å². The van der Waals surface area contributed by atoms with Crippen molar-refractivity contribution in [3.8, 4) is 0 Å². The van der Waals surface area contributed by atoms with Gasteiger partial charge in [0.25, 0.3) is 11.5 Å². The number of amides is 1. The zero-order valence-corrected chi connectivity index (χ0v) is 15.6. The second-order valence-electron chi connectivity index (χ2n) is 6.52. The highest BCUT2D eigenvalue weighted by molar-refractivity contribution is 7.22. The molecule has 0 aliphatic carbocycles. The summed E-state index contributed by atoms with van der Waals surface area (Å²) in [5, 5.41) is 11.9. The molecule has 0 radical (unpaired) electrons. The van der Waals surface area contributed by atoms with Gasteiger partial charge >= 0.3 is 0 Å². The Morgan fingerprint density at radius 1 is 1.07 bits per heavy atom. The van der Waals surface area contributed by atoms with E-state index in [0.29, 0.717) is 16.0 Å². The van der Waals surface area contributed by atoms with Crippen molar-refractivity contribution in [2.45, 2.75) is 19.9 Å². The van der Waals surface area contributed by atoms with Crippen LogP contribution in [0.1, 0.15) is 19.9 Å². The largest absolute Gasteiger partial charge is 0.300 e.